The zero-order valence-electron chi connectivity index (χ0n) is 62.5. The number of aromatic hydroxyl groups is 3. The minimum Gasteiger partial charge on any atom is -0.508 e. The average molecular weight is 1590 g/mol. The van der Waals surface area contributed by atoms with Gasteiger partial charge in [-0.15, -0.1) is 0 Å². The van der Waals surface area contributed by atoms with Crippen molar-refractivity contribution < 1.29 is 127 Å². The molecule has 11 bridgehead atoms. The topological polar surface area (TPSA) is 475 Å². The zero-order chi connectivity index (χ0) is 81.3. The molecule has 31 nitrogen and oxygen atoms in total. The van der Waals surface area contributed by atoms with Crippen molar-refractivity contribution in [2.45, 2.75) is 216 Å². The van der Waals surface area contributed by atoms with Gasteiger partial charge in [0, 0.05) is 68.2 Å². The second kappa shape index (κ2) is 34.8. The first kappa shape index (κ1) is 84.2. The number of halogens is 2. The van der Waals surface area contributed by atoms with E-state index in [0.717, 1.165) is 29.2 Å². The number of rotatable bonds is 16. The van der Waals surface area contributed by atoms with E-state index in [0.29, 0.717) is 0 Å². The predicted molar refractivity (Wildman–Crippen MR) is 394 cm³/mol. The third kappa shape index (κ3) is 18.9. The number of nitrogens with zero attached hydrogens (tertiary/aromatic N) is 1. The standard InChI is InChI=1S/C78H93Cl2N5O26/c1-32(2)17-51(85(10)77(103)105-34(5)6)56(92)28-47-67(96)39-13-16-59(49(80)20-39)108-61-22-40-21-60(70(61)111-75-71(69(98)68(97)62(31-86)109-75)110-64-30-78(9,72(99)36(8)106-64)84-76(102)104-33(3)4)107-58-15-12-38(19-48(58)79)66(95)46-27-54(90)43(25-53(89)44(40)26-55(91)50(29-63(81)94)83-74(47)101)37-11-14-52(88)45(18-37)65-42(35(7)82-73(46)100)23-41(87)24-57(65)93/h11-16,18-24,32-36,43-44,46-47,50-51,62,64,66-69,71-72,75,86-88,93,95-99H,17,25-31H2,1-10H3,(H2,81,94)(H,82,100)(H,83,101)(H,84,102)/t35-,36+,43-,44-,46+,47-,50+,51-,62-,64+,66-,67-,68-,69+,71-,72-,75+,78+/m1/s1. The largest absolute Gasteiger partial charge is 0.508 e. The number of Topliss-reactive ketones (excluding diaryl/α,β-unsaturated/α-hetero) is 4. The first-order valence-electron chi connectivity index (χ1n) is 36.3. The Labute approximate surface area is 648 Å². The molecule has 0 spiro atoms. The maximum absolute atomic E-state index is 16.4. The number of nitrogens with two attached hydrogens (primary N) is 1. The lowest BCUT2D eigenvalue weighted by atomic mass is 9.77. The number of phenols is 3. The number of amides is 5. The highest BCUT2D eigenvalue weighted by Crippen LogP contribution is 2.51. The van der Waals surface area contributed by atoms with Crippen molar-refractivity contribution >= 4 is 76.2 Å². The van der Waals surface area contributed by atoms with E-state index in [1.807, 2.05) is 0 Å². The summed E-state index contributed by atoms with van der Waals surface area (Å²) in [6.07, 6.45) is -25.8. The average Bonchev–Trinajstić information content (AvgIpc) is 0.771. The minimum atomic E-state index is -2.08. The fourth-order valence-electron chi connectivity index (χ4n) is 14.6. The van der Waals surface area contributed by atoms with Crippen LogP contribution in [0.2, 0.25) is 10.0 Å². The van der Waals surface area contributed by atoms with Crippen LogP contribution >= 0.6 is 23.2 Å². The first-order valence-corrected chi connectivity index (χ1v) is 37.1. The van der Waals surface area contributed by atoms with Crippen molar-refractivity contribution in [2.24, 2.45) is 23.5 Å². The number of benzene rings is 5. The molecule has 7 aliphatic heterocycles. The van der Waals surface area contributed by atoms with Crippen LogP contribution in [0.1, 0.15) is 165 Å². The molecule has 5 aromatic rings. The molecule has 5 amide bonds. The molecule has 33 heteroatoms. The van der Waals surface area contributed by atoms with Gasteiger partial charge in [0.2, 0.25) is 29.8 Å². The van der Waals surface area contributed by atoms with E-state index in [9.17, 15) is 69.9 Å². The lowest BCUT2D eigenvalue weighted by Crippen LogP contribution is -2.66. The summed E-state index contributed by atoms with van der Waals surface area (Å²) in [6, 6.07) is 11.2. The number of fused-ring (bicyclic) bond motifs is 15. The summed E-state index contributed by atoms with van der Waals surface area (Å²) in [5.41, 5.74) is 3.49. The molecular weight excluding hydrogens is 1490 g/mol. The van der Waals surface area contributed by atoms with E-state index in [1.165, 1.54) is 82.4 Å². The van der Waals surface area contributed by atoms with Crippen LogP contribution in [0.5, 0.6) is 46.0 Å². The third-order valence-electron chi connectivity index (χ3n) is 20.4. The fourth-order valence-corrected chi connectivity index (χ4v) is 15.1. The molecule has 5 aromatic carbocycles. The maximum Gasteiger partial charge on any atom is 0.410 e. The highest BCUT2D eigenvalue weighted by molar-refractivity contribution is 6.32. The molecular formula is C78H93Cl2N5O26. The molecule has 12 rings (SSSR count). The van der Waals surface area contributed by atoms with Crippen LogP contribution < -0.4 is 35.9 Å². The third-order valence-corrected chi connectivity index (χ3v) is 21.0. The van der Waals surface area contributed by atoms with E-state index in [4.69, 9.17) is 66.8 Å². The van der Waals surface area contributed by atoms with E-state index in [-0.39, 0.29) is 79.2 Å². The zero-order valence-corrected chi connectivity index (χ0v) is 64.0. The lowest BCUT2D eigenvalue weighted by molar-refractivity contribution is -0.334. The first-order chi connectivity index (χ1) is 52.2. The van der Waals surface area contributed by atoms with Crippen LogP contribution in [0.25, 0.3) is 11.1 Å². The summed E-state index contributed by atoms with van der Waals surface area (Å²) in [7, 11) is 1.32. The monoisotopic (exact) mass is 1590 g/mol. The van der Waals surface area contributed by atoms with E-state index < -0.39 is 247 Å². The molecule has 111 heavy (non-hydrogen) atoms. The molecule has 14 N–H and O–H groups in total. The number of carbonyl (C=O) groups excluding carboxylic acids is 9. The Morgan fingerprint density at radius 3 is 1.87 bits per heavy atom. The molecule has 0 radical (unpaired) electrons. The molecule has 18 atom stereocenters. The van der Waals surface area contributed by atoms with Crippen LogP contribution in [0, 0.1) is 17.8 Å². The van der Waals surface area contributed by atoms with Gasteiger partial charge in [-0.3, -0.25) is 33.6 Å². The number of phenolic OH excluding ortho intramolecular Hbond substituents is 3. The predicted octanol–water partition coefficient (Wildman–Crippen LogP) is 7.43. The van der Waals surface area contributed by atoms with Crippen molar-refractivity contribution in [1.82, 2.24) is 20.9 Å². The molecule has 2 saturated heterocycles. The van der Waals surface area contributed by atoms with Gasteiger partial charge in [0.05, 0.1) is 89.1 Å². The number of ketones is 4. The van der Waals surface area contributed by atoms with Gasteiger partial charge >= 0.3 is 12.2 Å². The van der Waals surface area contributed by atoms with Crippen molar-refractivity contribution in [1.29, 1.82) is 0 Å². The molecule has 0 aromatic heterocycles. The van der Waals surface area contributed by atoms with E-state index in [1.54, 1.807) is 41.5 Å². The Kier molecular flexibility index (Phi) is 26.4. The molecule has 7 aliphatic rings. The number of likely N-dealkylation sites (N-methyl/N-ethyl adjacent to an activating group) is 1. The Morgan fingerprint density at radius 2 is 1.28 bits per heavy atom. The van der Waals surface area contributed by atoms with Crippen LogP contribution in [-0.4, -0.2) is 197 Å². The fraction of sp³-hybridized carbons (Fsp3) is 0.500. The SMILES string of the molecule is CC(C)C[C@H](C(=O)C[C@H]1C(=O)N[C@@H](CC(N)=O)C(=O)C[C@H]2C(=O)C[C@H]3C(=O)C[C@H](C(=O)N[C@H](C)c4cc(O)cc(O)c4-c4cc3ccc4O)[C@H](O)c3ccc(c(Cl)c3)Oc3cc2cc(c3O[C@@H]2O[C@H](CO)[C@@H](O)[C@H](O)[C@H]2O[C@H]2C[C@](C)(NC(=O)OC(C)C)[C@H](O)[C@H](C)O2)Oc2ccc(cc2Cl)[C@H]1O)N(C)C(=O)OC(C)C. The molecule has 0 aliphatic carbocycles. The van der Waals surface area contributed by atoms with Crippen LogP contribution in [0.4, 0.5) is 9.59 Å². The number of primary amides is 1. The van der Waals surface area contributed by atoms with Crippen molar-refractivity contribution in [3.63, 3.8) is 0 Å². The summed E-state index contributed by atoms with van der Waals surface area (Å²) < 4.78 is 49.9. The van der Waals surface area contributed by atoms with Gasteiger partial charge in [-0.25, -0.2) is 9.59 Å². The van der Waals surface area contributed by atoms with Crippen LogP contribution in [-0.2, 0) is 57.2 Å². The minimum absolute atomic E-state index is 0.0287. The number of aliphatic hydroxyl groups is 6. The smallest absolute Gasteiger partial charge is 0.410 e. The molecule has 0 saturated carbocycles. The number of hydrogen-bond donors (Lipinski definition) is 13. The number of nitrogens with one attached hydrogen (secondary N) is 3. The summed E-state index contributed by atoms with van der Waals surface area (Å²) in [4.78, 5) is 134. The van der Waals surface area contributed by atoms with Gasteiger partial charge < -0.3 is 110 Å². The van der Waals surface area contributed by atoms with Gasteiger partial charge in [0.1, 0.15) is 64.7 Å². The quantitative estimate of drug-likeness (QED) is 0.0456. The highest BCUT2D eigenvalue weighted by Gasteiger charge is 2.53. The van der Waals surface area contributed by atoms with Crippen molar-refractivity contribution in [2.75, 3.05) is 13.7 Å². The number of hydrogen-bond acceptors (Lipinski definition) is 26. The second-order valence-electron chi connectivity index (χ2n) is 30.0. The van der Waals surface area contributed by atoms with Gasteiger partial charge in [-0.05, 0) is 143 Å². The van der Waals surface area contributed by atoms with Gasteiger partial charge in [-0.1, -0.05) is 55.2 Å². The molecule has 7 heterocycles. The Hall–Kier alpha value is -9.25. The van der Waals surface area contributed by atoms with Gasteiger partial charge in [0.15, 0.2) is 35.5 Å². The molecule has 2 fully saturated rings. The normalized spacial score (nSPS) is 28.1. The lowest BCUT2D eigenvalue weighted by Gasteiger charge is -2.48. The second-order valence-corrected chi connectivity index (χ2v) is 30.8. The highest BCUT2D eigenvalue weighted by atomic mass is 35.5. The van der Waals surface area contributed by atoms with Gasteiger partial charge in [-0.2, -0.15) is 0 Å². The Bertz CT molecular complexity index is 4390. The van der Waals surface area contributed by atoms with Crippen LogP contribution in [0.3, 0.4) is 0 Å². The summed E-state index contributed by atoms with van der Waals surface area (Å²) in [5, 5.41) is 113. The Balaban J connectivity index is 1.22. The van der Waals surface area contributed by atoms with Gasteiger partial charge in [0.25, 0.3) is 0 Å². The number of ether oxygens (including phenoxy) is 8. The number of carbonyl (C=O) groups is 9. The maximum atomic E-state index is 16.4. The van der Waals surface area contributed by atoms with E-state index in [2.05, 4.69) is 16.0 Å². The van der Waals surface area contributed by atoms with Crippen molar-refractivity contribution in [3.8, 4) is 57.1 Å². The number of aliphatic hydroxyl groups excluding tert-OH is 6. The molecule has 0 unspecified atom stereocenters. The Morgan fingerprint density at radius 1 is 0.685 bits per heavy atom. The summed E-state index contributed by atoms with van der Waals surface area (Å²) in [6.45, 7) is 13.4. The summed E-state index contributed by atoms with van der Waals surface area (Å²) in [5.74, 6) is -18.6. The van der Waals surface area contributed by atoms with Crippen LogP contribution in [0.15, 0.2) is 78.9 Å². The summed E-state index contributed by atoms with van der Waals surface area (Å²) >= 11 is 14.4. The van der Waals surface area contributed by atoms with E-state index >= 15 is 19.2 Å². The number of alkyl carbamates (subject to hydrolysis) is 1. The molecule has 600 valence electrons. The van der Waals surface area contributed by atoms with Crippen molar-refractivity contribution in [3.05, 3.63) is 117 Å².